The van der Waals surface area contributed by atoms with Gasteiger partial charge in [0, 0.05) is 0 Å². The molecular formula is H2AlBO2Zn. The van der Waals surface area contributed by atoms with Crippen molar-refractivity contribution in [3.8, 4) is 0 Å². The first-order chi connectivity index (χ1) is 2.41. The van der Waals surface area contributed by atoms with Crippen molar-refractivity contribution < 1.29 is 26.5 Å². The summed E-state index contributed by atoms with van der Waals surface area (Å²) in [4.78, 5) is 0. The molecule has 0 saturated heterocycles. The van der Waals surface area contributed by atoms with Crippen molar-refractivity contribution in [1.29, 1.82) is 0 Å². The van der Waals surface area contributed by atoms with E-state index in [0.29, 0.717) is 16.1 Å². The monoisotopic (exact) mass is 136 g/mol. The fourth-order valence-corrected chi connectivity index (χ4v) is 0. The van der Waals surface area contributed by atoms with Crippen molar-refractivity contribution in [2.75, 3.05) is 0 Å². The van der Waals surface area contributed by atoms with Crippen LogP contribution in [0.2, 0.25) is 0 Å². The molecule has 22 valence electrons. The molecule has 0 unspecified atom stereocenters. The van der Waals surface area contributed by atoms with Crippen LogP contribution in [0.4, 0.5) is 0 Å². The van der Waals surface area contributed by atoms with Crippen molar-refractivity contribution in [1.82, 2.24) is 0 Å². The van der Waals surface area contributed by atoms with Crippen LogP contribution in [0.1, 0.15) is 0 Å². The molecule has 2 nitrogen and oxygen atoms in total. The Morgan fingerprint density at radius 2 is 1.60 bits per heavy atom. The zero-order valence-corrected chi connectivity index (χ0v) is 8.07. The van der Waals surface area contributed by atoms with Gasteiger partial charge in [0.2, 0.25) is 0 Å². The van der Waals surface area contributed by atoms with Crippen molar-refractivity contribution in [3.05, 3.63) is 0 Å². The molecule has 0 atom stereocenters. The Labute approximate surface area is 48.8 Å². The molecule has 0 heterocycles. The molecule has 0 bridgehead atoms. The fraction of sp³-hybridized carbons (Fsp3) is 0. The van der Waals surface area contributed by atoms with Crippen LogP contribution in [0.3, 0.4) is 0 Å². The number of rotatable bonds is 0. The molecule has 0 fully saturated rings. The van der Waals surface area contributed by atoms with Crippen molar-refractivity contribution >= 4 is 22.0 Å². The van der Waals surface area contributed by atoms with Gasteiger partial charge in [0.15, 0.2) is 0 Å². The zero-order chi connectivity index (χ0) is 4.71. The molecule has 0 N–H and O–H groups in total. The van der Waals surface area contributed by atoms with Crippen LogP contribution < -0.4 is 0 Å². The van der Waals surface area contributed by atoms with E-state index in [1.165, 1.54) is 0 Å². The van der Waals surface area contributed by atoms with Crippen LogP contribution in [-0.2, 0) is 26.5 Å². The molecule has 5 heavy (non-hydrogen) atoms. The average molecular weight is 137 g/mol. The Balaban J connectivity index is 0. The van der Waals surface area contributed by atoms with Gasteiger partial charge in [-0.3, -0.25) is 0 Å². The van der Waals surface area contributed by atoms with Gasteiger partial charge in [-0.2, -0.15) is 0 Å². The van der Waals surface area contributed by atoms with Gasteiger partial charge in [-0.1, -0.05) is 0 Å². The molecule has 0 aliphatic rings. The zero-order valence-electron chi connectivity index (χ0n) is 3.10. The van der Waals surface area contributed by atoms with E-state index in [0.717, 1.165) is 5.92 Å². The topological polar surface area (TPSA) is 34.1 Å². The predicted octanol–water partition coefficient (Wildman–Crippen LogP) is -1.54. The molecule has 0 aromatic heterocycles. The summed E-state index contributed by atoms with van der Waals surface area (Å²) < 4.78 is 17.2. The first-order valence-electron chi connectivity index (χ1n) is 1.10. The summed E-state index contributed by atoms with van der Waals surface area (Å²) in [6.07, 6.45) is 0. The predicted molar refractivity (Wildman–Crippen MR) is 15.7 cm³/mol. The van der Waals surface area contributed by atoms with E-state index >= 15 is 0 Å². The van der Waals surface area contributed by atoms with Crippen LogP contribution >= 0.6 is 0 Å². The van der Waals surface area contributed by atoms with E-state index < -0.39 is 0 Å². The maximum atomic E-state index is 8.87. The minimum absolute atomic E-state index is 0.125. The first-order valence-corrected chi connectivity index (χ1v) is 3.47. The van der Waals surface area contributed by atoms with Crippen LogP contribution in [0, 0.1) is 0 Å². The molecule has 0 radical (unpaired) electrons. The summed E-state index contributed by atoms with van der Waals surface area (Å²) in [5.74, 6) is 0.889. The molecule has 0 amide bonds. The summed E-state index contributed by atoms with van der Waals surface area (Å²) in [7, 11) is 0. The summed E-state index contributed by atoms with van der Waals surface area (Å²) in [5, 5.41) is 0. The van der Waals surface area contributed by atoms with Crippen molar-refractivity contribution in [2.24, 2.45) is 0 Å². The summed E-state index contributed by atoms with van der Waals surface area (Å²) in [6, 6.07) is 0. The third-order valence-electron chi connectivity index (χ3n) is 0. The van der Waals surface area contributed by atoms with E-state index in [-0.39, 0.29) is 18.3 Å². The number of hydrogen-bond acceptors (Lipinski definition) is 2. The van der Waals surface area contributed by atoms with Crippen LogP contribution in [0.5, 0.6) is 0 Å². The third kappa shape index (κ3) is 56.9. The summed E-state index contributed by atoms with van der Waals surface area (Å²) in [6.45, 7) is 0. The van der Waals surface area contributed by atoms with Gasteiger partial charge in [-0.05, 0) is 0 Å². The van der Waals surface area contributed by atoms with E-state index in [9.17, 15) is 0 Å². The van der Waals surface area contributed by atoms with Crippen molar-refractivity contribution in [3.63, 3.8) is 0 Å². The molecule has 0 aromatic rings. The second-order valence-electron chi connectivity index (χ2n) is 0.236. The second kappa shape index (κ2) is 21.2. The summed E-state index contributed by atoms with van der Waals surface area (Å²) in [5.41, 5.74) is 0. The van der Waals surface area contributed by atoms with E-state index in [2.05, 4.69) is 0 Å². The van der Waals surface area contributed by atoms with Crippen LogP contribution in [0.15, 0.2) is 0 Å². The molecule has 0 rings (SSSR count). The van der Waals surface area contributed by atoms with Gasteiger partial charge in [0.1, 0.15) is 0 Å². The quantitative estimate of drug-likeness (QED) is 0.379. The Morgan fingerprint density at radius 1 is 1.60 bits per heavy atom. The van der Waals surface area contributed by atoms with E-state index in [4.69, 9.17) is 8.28 Å². The normalized spacial score (nSPS) is 2.80. The molecule has 0 aliphatic carbocycles. The minimum atomic E-state index is 0.125. The SMILES string of the molecule is O=[B][AlH2].[O]=[Zn]. The van der Waals surface area contributed by atoms with Crippen molar-refractivity contribution in [2.45, 2.75) is 0 Å². The Morgan fingerprint density at radius 3 is 1.60 bits per heavy atom. The maximum absolute atomic E-state index is 8.87. The second-order valence-corrected chi connectivity index (χ2v) is 0.707. The Bertz CT molecular complexity index is 23.6. The van der Waals surface area contributed by atoms with Crippen LogP contribution in [0.25, 0.3) is 0 Å². The molecule has 5 heteroatoms. The number of hydrogen-bond donors (Lipinski definition) is 0. The van der Waals surface area contributed by atoms with Gasteiger partial charge < -0.3 is 0 Å². The first kappa shape index (κ1) is 9.27. The van der Waals surface area contributed by atoms with E-state index in [1.807, 2.05) is 0 Å². The van der Waals surface area contributed by atoms with Gasteiger partial charge in [-0.25, -0.2) is 0 Å². The van der Waals surface area contributed by atoms with Gasteiger partial charge >= 0.3 is 48.6 Å². The molecular weight excluding hydrogens is 135 g/mol. The molecule has 0 saturated carbocycles. The average Bonchev–Trinajstić information content (AvgIpc) is 1.46. The molecule has 0 aromatic carbocycles. The Hall–Kier alpha value is 0.821. The van der Waals surface area contributed by atoms with Gasteiger partial charge in [0.05, 0.1) is 0 Å². The standard InChI is InChI=1S/Al.BO.O.Zn.2H/c;1-2;;;;/q-1;+1;;;;. The van der Waals surface area contributed by atoms with Gasteiger partial charge in [0.25, 0.3) is 0 Å². The van der Waals surface area contributed by atoms with Gasteiger partial charge in [-0.15, -0.1) is 0 Å². The fourth-order valence-electron chi connectivity index (χ4n) is 0. The molecule has 0 spiro atoms. The Kier molecular flexibility index (Phi) is 39.3. The summed E-state index contributed by atoms with van der Waals surface area (Å²) >= 11 is 0.813. The van der Waals surface area contributed by atoms with E-state index in [1.54, 1.807) is 0 Å². The third-order valence-corrected chi connectivity index (χ3v) is 0. The molecule has 0 aliphatic heterocycles. The van der Waals surface area contributed by atoms with Crippen LogP contribution in [-0.4, -0.2) is 22.0 Å².